The number of imide groups is 1. The molecule has 0 heterocycles. The second-order valence-corrected chi connectivity index (χ2v) is 5.38. The molecule has 2 aromatic rings. The van der Waals surface area contributed by atoms with Crippen molar-refractivity contribution >= 4 is 11.9 Å². The number of urea groups is 1. The summed E-state index contributed by atoms with van der Waals surface area (Å²) in [6.45, 7) is 2.69. The van der Waals surface area contributed by atoms with Crippen LogP contribution in [0.5, 0.6) is 0 Å². The Bertz CT molecular complexity index is 654. The van der Waals surface area contributed by atoms with Gasteiger partial charge in [-0.15, -0.1) is 0 Å². The van der Waals surface area contributed by atoms with Crippen LogP contribution >= 0.6 is 0 Å². The Kier molecular flexibility index (Phi) is 5.88. The van der Waals surface area contributed by atoms with Crippen LogP contribution < -0.4 is 16.0 Å². The van der Waals surface area contributed by atoms with E-state index in [1.807, 2.05) is 66.8 Å². The summed E-state index contributed by atoms with van der Waals surface area (Å²) >= 11 is 0. The fourth-order valence-electron chi connectivity index (χ4n) is 2.29. The highest BCUT2D eigenvalue weighted by atomic mass is 16.2. The van der Waals surface area contributed by atoms with Gasteiger partial charge in [0.2, 0.25) is 0 Å². The molecule has 23 heavy (non-hydrogen) atoms. The maximum absolute atomic E-state index is 12.4. The average Bonchev–Trinajstić information content (AvgIpc) is 2.57. The molecular formula is C18H22N3O2+. The molecule has 0 aliphatic rings. The van der Waals surface area contributed by atoms with E-state index in [1.54, 1.807) is 0 Å². The molecule has 0 unspecified atom stereocenters. The summed E-state index contributed by atoms with van der Waals surface area (Å²) < 4.78 is 0. The number of amides is 3. The third-order valence-electron chi connectivity index (χ3n) is 3.61. The standard InChI is InChI=1S/C18H21N3O2/c1-13-8-10-14(11-9-13)12-20-16(15-6-4-3-5-7-15)17(22)21-18(23)19-2/h3-11,16,20H,12H2,1-2H3,(H2,19,21,22,23)/p+1/t16-/m0/s1. The topological polar surface area (TPSA) is 74.8 Å². The molecule has 0 aliphatic heterocycles. The lowest BCUT2D eigenvalue weighted by Gasteiger charge is -2.15. The Morgan fingerprint density at radius 3 is 2.30 bits per heavy atom. The molecular weight excluding hydrogens is 290 g/mol. The third-order valence-corrected chi connectivity index (χ3v) is 3.61. The van der Waals surface area contributed by atoms with Crippen molar-refractivity contribution in [3.8, 4) is 0 Å². The van der Waals surface area contributed by atoms with Crippen LogP contribution in [-0.2, 0) is 11.3 Å². The van der Waals surface area contributed by atoms with Crippen molar-refractivity contribution in [3.63, 3.8) is 0 Å². The largest absolute Gasteiger partial charge is 0.341 e. The van der Waals surface area contributed by atoms with Crippen LogP contribution in [0.15, 0.2) is 54.6 Å². The van der Waals surface area contributed by atoms with Crippen molar-refractivity contribution in [2.45, 2.75) is 19.5 Å². The van der Waals surface area contributed by atoms with Crippen LogP contribution in [0, 0.1) is 6.92 Å². The molecule has 5 nitrogen and oxygen atoms in total. The normalized spacial score (nSPS) is 11.6. The van der Waals surface area contributed by atoms with Gasteiger partial charge < -0.3 is 10.6 Å². The van der Waals surface area contributed by atoms with Gasteiger partial charge in [0.1, 0.15) is 6.54 Å². The van der Waals surface area contributed by atoms with Gasteiger partial charge in [-0.2, -0.15) is 0 Å². The van der Waals surface area contributed by atoms with Crippen molar-refractivity contribution in [3.05, 3.63) is 71.3 Å². The first kappa shape index (κ1) is 16.7. The summed E-state index contributed by atoms with van der Waals surface area (Å²) in [6, 6.07) is 16.7. The zero-order valence-electron chi connectivity index (χ0n) is 13.4. The second-order valence-electron chi connectivity index (χ2n) is 5.38. The molecule has 0 fully saturated rings. The summed E-state index contributed by atoms with van der Waals surface area (Å²) in [6.07, 6.45) is 0. The van der Waals surface area contributed by atoms with Crippen molar-refractivity contribution in [2.75, 3.05) is 7.05 Å². The summed E-state index contributed by atoms with van der Waals surface area (Å²) in [5, 5.41) is 6.68. The van der Waals surface area contributed by atoms with E-state index < -0.39 is 12.1 Å². The minimum Gasteiger partial charge on any atom is -0.341 e. The van der Waals surface area contributed by atoms with E-state index >= 15 is 0 Å². The average molecular weight is 312 g/mol. The Hall–Kier alpha value is -2.66. The van der Waals surface area contributed by atoms with Gasteiger partial charge in [0, 0.05) is 18.2 Å². The predicted molar refractivity (Wildman–Crippen MR) is 88.6 cm³/mol. The summed E-state index contributed by atoms with van der Waals surface area (Å²) in [5.41, 5.74) is 3.19. The minimum absolute atomic E-state index is 0.331. The second kappa shape index (κ2) is 8.10. The van der Waals surface area contributed by atoms with Crippen LogP contribution in [0.3, 0.4) is 0 Å². The van der Waals surface area contributed by atoms with E-state index in [1.165, 1.54) is 12.6 Å². The molecule has 120 valence electrons. The maximum atomic E-state index is 12.4. The minimum atomic E-state index is -0.500. The highest BCUT2D eigenvalue weighted by Crippen LogP contribution is 2.09. The van der Waals surface area contributed by atoms with Crippen LogP contribution in [0.4, 0.5) is 4.79 Å². The molecule has 0 saturated carbocycles. The lowest BCUT2D eigenvalue weighted by Crippen LogP contribution is -2.86. The third kappa shape index (κ3) is 4.93. The summed E-state index contributed by atoms with van der Waals surface area (Å²) in [7, 11) is 1.48. The van der Waals surface area contributed by atoms with Crippen LogP contribution in [-0.4, -0.2) is 19.0 Å². The van der Waals surface area contributed by atoms with E-state index in [9.17, 15) is 9.59 Å². The SMILES string of the molecule is CNC(=O)NC(=O)[C@@H]([NH2+]Cc1ccc(C)cc1)c1ccccc1. The van der Waals surface area contributed by atoms with Crippen molar-refractivity contribution in [1.82, 2.24) is 10.6 Å². The number of carbonyl (C=O) groups is 2. The zero-order chi connectivity index (χ0) is 16.7. The first-order valence-electron chi connectivity index (χ1n) is 7.56. The monoisotopic (exact) mass is 312 g/mol. The number of carbonyl (C=O) groups excluding carboxylic acids is 2. The molecule has 0 bridgehead atoms. The van der Waals surface area contributed by atoms with Crippen LogP contribution in [0.2, 0.25) is 0 Å². The van der Waals surface area contributed by atoms with Crippen LogP contribution in [0.25, 0.3) is 0 Å². The number of hydrogen-bond donors (Lipinski definition) is 3. The highest BCUT2D eigenvalue weighted by molar-refractivity contribution is 5.96. The molecule has 2 aromatic carbocycles. The van der Waals surface area contributed by atoms with Crippen molar-refractivity contribution < 1.29 is 14.9 Å². The quantitative estimate of drug-likeness (QED) is 0.777. The number of rotatable bonds is 5. The molecule has 0 aromatic heterocycles. The molecule has 5 heteroatoms. The molecule has 0 aliphatic carbocycles. The Labute approximate surface area is 136 Å². The van der Waals surface area contributed by atoms with Gasteiger partial charge in [-0.3, -0.25) is 10.1 Å². The van der Waals surface area contributed by atoms with Gasteiger partial charge >= 0.3 is 6.03 Å². The van der Waals surface area contributed by atoms with Gasteiger partial charge in [-0.25, -0.2) is 4.79 Å². The molecule has 0 radical (unpaired) electrons. The van der Waals surface area contributed by atoms with Gasteiger partial charge in [0.05, 0.1) is 0 Å². The highest BCUT2D eigenvalue weighted by Gasteiger charge is 2.25. The smallest absolute Gasteiger partial charge is 0.321 e. The first-order valence-corrected chi connectivity index (χ1v) is 7.56. The van der Waals surface area contributed by atoms with Gasteiger partial charge in [-0.05, 0) is 6.92 Å². The van der Waals surface area contributed by atoms with Gasteiger partial charge in [-0.1, -0.05) is 60.2 Å². The number of aryl methyl sites for hydroxylation is 1. The zero-order valence-corrected chi connectivity index (χ0v) is 13.4. The molecule has 0 saturated heterocycles. The molecule has 3 amide bonds. The van der Waals surface area contributed by atoms with Crippen molar-refractivity contribution in [1.29, 1.82) is 0 Å². The first-order chi connectivity index (χ1) is 11.1. The lowest BCUT2D eigenvalue weighted by molar-refractivity contribution is -0.698. The molecule has 1 atom stereocenters. The number of hydrogen-bond acceptors (Lipinski definition) is 2. The molecule has 0 spiro atoms. The number of nitrogens with two attached hydrogens (primary N) is 1. The Balaban J connectivity index is 2.11. The lowest BCUT2D eigenvalue weighted by atomic mass is 10.1. The molecule has 4 N–H and O–H groups in total. The summed E-state index contributed by atoms with van der Waals surface area (Å²) in [4.78, 5) is 23.8. The number of quaternary nitrogens is 1. The van der Waals surface area contributed by atoms with Crippen molar-refractivity contribution in [2.24, 2.45) is 0 Å². The maximum Gasteiger partial charge on any atom is 0.321 e. The van der Waals surface area contributed by atoms with E-state index in [4.69, 9.17) is 0 Å². The van der Waals surface area contributed by atoms with Gasteiger partial charge in [0.25, 0.3) is 5.91 Å². The Morgan fingerprint density at radius 2 is 1.70 bits per heavy atom. The fourth-order valence-corrected chi connectivity index (χ4v) is 2.29. The summed E-state index contributed by atoms with van der Waals surface area (Å²) in [5.74, 6) is -0.331. The Morgan fingerprint density at radius 1 is 1.04 bits per heavy atom. The van der Waals surface area contributed by atoms with Gasteiger partial charge in [0.15, 0.2) is 6.04 Å². The number of nitrogens with one attached hydrogen (secondary N) is 2. The van der Waals surface area contributed by atoms with E-state index in [-0.39, 0.29) is 5.91 Å². The fraction of sp³-hybridized carbons (Fsp3) is 0.222. The van der Waals surface area contributed by atoms with Crippen LogP contribution in [0.1, 0.15) is 22.7 Å². The number of benzene rings is 2. The molecule has 2 rings (SSSR count). The van der Waals surface area contributed by atoms with E-state index in [2.05, 4.69) is 10.6 Å². The van der Waals surface area contributed by atoms with E-state index in [0.29, 0.717) is 6.54 Å². The predicted octanol–water partition coefficient (Wildman–Crippen LogP) is 1.26. The van der Waals surface area contributed by atoms with E-state index in [0.717, 1.165) is 11.1 Å².